The molecule has 2 aromatic heterocycles. The van der Waals surface area contributed by atoms with Gasteiger partial charge in [-0.2, -0.15) is 5.10 Å². The summed E-state index contributed by atoms with van der Waals surface area (Å²) >= 11 is 0. The molecular weight excluding hydrogens is 346 g/mol. The largest absolute Gasteiger partial charge is 0.484 e. The first-order valence-electron chi connectivity index (χ1n) is 8.77. The third-order valence-electron chi connectivity index (χ3n) is 4.51. The Balaban J connectivity index is 1.75. The first-order valence-corrected chi connectivity index (χ1v) is 8.77. The number of fused-ring (bicyclic) bond motifs is 1. The number of hydrogen-bond acceptors (Lipinski definition) is 5. The van der Waals surface area contributed by atoms with Gasteiger partial charge in [-0.15, -0.1) is 0 Å². The molecule has 0 spiro atoms. The van der Waals surface area contributed by atoms with Crippen molar-refractivity contribution in [3.05, 3.63) is 51.6 Å². The molecule has 0 saturated heterocycles. The maximum Gasteiger partial charge on any atom is 0.336 e. The molecule has 3 aromatic rings. The molecule has 0 aliphatic heterocycles. The van der Waals surface area contributed by atoms with Crippen LogP contribution in [0.15, 0.2) is 33.5 Å². The van der Waals surface area contributed by atoms with E-state index in [9.17, 15) is 9.59 Å². The number of benzene rings is 1. The summed E-state index contributed by atoms with van der Waals surface area (Å²) in [5.41, 5.74) is 3.28. The Morgan fingerprint density at radius 1 is 1.30 bits per heavy atom. The Kier molecular flexibility index (Phi) is 5.03. The molecule has 7 heteroatoms. The third kappa shape index (κ3) is 3.86. The zero-order valence-electron chi connectivity index (χ0n) is 16.1. The van der Waals surface area contributed by atoms with E-state index in [1.54, 1.807) is 16.8 Å². The summed E-state index contributed by atoms with van der Waals surface area (Å²) in [6, 6.07) is 6.76. The fraction of sp³-hybridized carbons (Fsp3) is 0.350. The number of ether oxygens (including phenoxy) is 1. The molecule has 3 rings (SSSR count). The summed E-state index contributed by atoms with van der Waals surface area (Å²) in [7, 11) is 1.82. The van der Waals surface area contributed by atoms with Gasteiger partial charge in [0.15, 0.2) is 6.61 Å². The topological polar surface area (TPSA) is 86.4 Å². The highest BCUT2D eigenvalue weighted by Gasteiger charge is 2.14. The number of carbonyl (C=O) groups excluding carboxylic acids is 1. The molecule has 0 aliphatic carbocycles. The molecule has 142 valence electrons. The van der Waals surface area contributed by atoms with Crippen LogP contribution < -0.4 is 15.7 Å². The zero-order valence-corrected chi connectivity index (χ0v) is 16.1. The monoisotopic (exact) mass is 369 g/mol. The standard InChI is InChI=1S/C20H23N3O4/c1-11(2)16-9-19(25)27-17-8-14(6-7-15(16)17)26-10-18(24)21-20-12(3)22-23(5)13(20)4/h6-9,11H,10H2,1-5H3,(H,21,24). The number of amides is 1. The molecule has 0 saturated carbocycles. The van der Waals surface area contributed by atoms with E-state index in [1.807, 2.05) is 40.8 Å². The van der Waals surface area contributed by atoms with Crippen LogP contribution in [0.4, 0.5) is 5.69 Å². The molecule has 1 amide bonds. The molecule has 0 radical (unpaired) electrons. The van der Waals surface area contributed by atoms with Gasteiger partial charge in [0, 0.05) is 24.6 Å². The first kappa shape index (κ1) is 18.7. The van der Waals surface area contributed by atoms with Gasteiger partial charge in [-0.3, -0.25) is 9.48 Å². The summed E-state index contributed by atoms with van der Waals surface area (Å²) in [6.07, 6.45) is 0. The van der Waals surface area contributed by atoms with Gasteiger partial charge in [0.05, 0.1) is 17.1 Å². The highest BCUT2D eigenvalue weighted by atomic mass is 16.5. The number of nitrogens with zero attached hydrogens (tertiary/aromatic N) is 2. The molecule has 1 aromatic carbocycles. The van der Waals surface area contributed by atoms with Gasteiger partial charge >= 0.3 is 5.63 Å². The van der Waals surface area contributed by atoms with E-state index in [-0.39, 0.29) is 18.4 Å². The minimum absolute atomic E-state index is 0.159. The van der Waals surface area contributed by atoms with E-state index < -0.39 is 5.63 Å². The van der Waals surface area contributed by atoms with E-state index in [2.05, 4.69) is 10.4 Å². The summed E-state index contributed by atoms with van der Waals surface area (Å²) in [5, 5.41) is 7.95. The van der Waals surface area contributed by atoms with E-state index in [4.69, 9.17) is 9.15 Å². The minimum atomic E-state index is -0.399. The average Bonchev–Trinajstić information content (AvgIpc) is 2.85. The summed E-state index contributed by atoms with van der Waals surface area (Å²) in [5.74, 6) is 0.369. The fourth-order valence-electron chi connectivity index (χ4n) is 3.01. The zero-order chi connectivity index (χ0) is 19.7. The first-order chi connectivity index (χ1) is 12.8. The van der Waals surface area contributed by atoms with Crippen LogP contribution in [0.3, 0.4) is 0 Å². The van der Waals surface area contributed by atoms with Crippen LogP contribution in [0.25, 0.3) is 11.0 Å². The molecule has 2 heterocycles. The number of rotatable bonds is 5. The summed E-state index contributed by atoms with van der Waals surface area (Å²) in [4.78, 5) is 24.0. The number of aryl methyl sites for hydroxylation is 2. The Morgan fingerprint density at radius 2 is 2.04 bits per heavy atom. The highest BCUT2D eigenvalue weighted by Crippen LogP contribution is 2.27. The van der Waals surface area contributed by atoms with Crippen LogP contribution in [0, 0.1) is 13.8 Å². The van der Waals surface area contributed by atoms with Gasteiger partial charge in [-0.05, 0) is 37.5 Å². The fourth-order valence-corrected chi connectivity index (χ4v) is 3.01. The van der Waals surface area contributed by atoms with E-state index in [1.165, 1.54) is 6.07 Å². The van der Waals surface area contributed by atoms with E-state index >= 15 is 0 Å². The normalized spacial score (nSPS) is 11.2. The maximum atomic E-state index is 12.2. The van der Waals surface area contributed by atoms with Crippen LogP contribution in [-0.2, 0) is 11.8 Å². The second kappa shape index (κ2) is 7.26. The van der Waals surface area contributed by atoms with Crippen LogP contribution in [0.1, 0.15) is 36.7 Å². The van der Waals surface area contributed by atoms with Crippen LogP contribution in [-0.4, -0.2) is 22.3 Å². The predicted molar refractivity (Wildman–Crippen MR) is 103 cm³/mol. The molecule has 0 fully saturated rings. The lowest BCUT2D eigenvalue weighted by molar-refractivity contribution is -0.118. The van der Waals surface area contributed by atoms with Gasteiger partial charge in [-0.1, -0.05) is 13.8 Å². The molecule has 7 nitrogen and oxygen atoms in total. The molecule has 27 heavy (non-hydrogen) atoms. The molecule has 0 unspecified atom stereocenters. The predicted octanol–water partition coefficient (Wildman–Crippen LogP) is 3.28. The summed E-state index contributed by atoms with van der Waals surface area (Å²) < 4.78 is 12.6. The maximum absolute atomic E-state index is 12.2. The van der Waals surface area contributed by atoms with Crippen molar-refractivity contribution < 1.29 is 13.9 Å². The lowest BCUT2D eigenvalue weighted by atomic mass is 10.00. The number of anilines is 1. The Labute approximate surface area is 156 Å². The van der Waals surface area contributed by atoms with Crippen LogP contribution in [0.2, 0.25) is 0 Å². The number of hydrogen-bond donors (Lipinski definition) is 1. The summed E-state index contributed by atoms with van der Waals surface area (Å²) in [6.45, 7) is 7.60. The van der Waals surface area contributed by atoms with Crippen molar-refractivity contribution in [2.24, 2.45) is 7.05 Å². The van der Waals surface area contributed by atoms with Gasteiger partial charge < -0.3 is 14.5 Å². The molecular formula is C20H23N3O4. The van der Waals surface area contributed by atoms with Crippen molar-refractivity contribution in [2.75, 3.05) is 11.9 Å². The van der Waals surface area contributed by atoms with Crippen molar-refractivity contribution >= 4 is 22.6 Å². The second-order valence-electron chi connectivity index (χ2n) is 6.84. The van der Waals surface area contributed by atoms with Crippen LogP contribution >= 0.6 is 0 Å². The molecule has 0 bridgehead atoms. The smallest absolute Gasteiger partial charge is 0.336 e. The van der Waals surface area contributed by atoms with Gasteiger partial charge in [0.1, 0.15) is 11.3 Å². The van der Waals surface area contributed by atoms with Crippen molar-refractivity contribution in [2.45, 2.75) is 33.6 Å². The van der Waals surface area contributed by atoms with Crippen molar-refractivity contribution in [3.8, 4) is 5.75 Å². The SMILES string of the molecule is Cc1nn(C)c(C)c1NC(=O)COc1ccc2c(C(C)C)cc(=O)oc2c1. The quantitative estimate of drug-likeness (QED) is 0.698. The van der Waals surface area contributed by atoms with E-state index in [0.29, 0.717) is 17.0 Å². The van der Waals surface area contributed by atoms with Crippen molar-refractivity contribution in [3.63, 3.8) is 0 Å². The van der Waals surface area contributed by atoms with Gasteiger partial charge in [0.2, 0.25) is 0 Å². The van der Waals surface area contributed by atoms with Crippen molar-refractivity contribution in [1.82, 2.24) is 9.78 Å². The second-order valence-corrected chi connectivity index (χ2v) is 6.84. The number of carbonyl (C=O) groups is 1. The lowest BCUT2D eigenvalue weighted by Crippen LogP contribution is -2.21. The van der Waals surface area contributed by atoms with Crippen LogP contribution in [0.5, 0.6) is 5.75 Å². The number of nitrogens with one attached hydrogen (secondary N) is 1. The lowest BCUT2D eigenvalue weighted by Gasteiger charge is -2.11. The average molecular weight is 369 g/mol. The molecule has 1 N–H and O–H groups in total. The Bertz CT molecular complexity index is 1060. The minimum Gasteiger partial charge on any atom is -0.484 e. The number of aromatic nitrogens is 2. The Hall–Kier alpha value is -3.09. The van der Waals surface area contributed by atoms with E-state index in [0.717, 1.165) is 22.3 Å². The Morgan fingerprint density at radius 3 is 2.67 bits per heavy atom. The molecule has 0 aliphatic rings. The third-order valence-corrected chi connectivity index (χ3v) is 4.51. The van der Waals surface area contributed by atoms with Gasteiger partial charge in [-0.25, -0.2) is 4.79 Å². The van der Waals surface area contributed by atoms with Gasteiger partial charge in [0.25, 0.3) is 5.91 Å². The molecule has 0 atom stereocenters. The van der Waals surface area contributed by atoms with Crippen molar-refractivity contribution in [1.29, 1.82) is 0 Å². The highest BCUT2D eigenvalue weighted by molar-refractivity contribution is 5.93.